The van der Waals surface area contributed by atoms with Gasteiger partial charge in [0.25, 0.3) is 5.69 Å². The second-order valence-electron chi connectivity index (χ2n) is 7.04. The molecule has 3 rings (SSSR count). The molecule has 0 radical (unpaired) electrons. The van der Waals surface area contributed by atoms with Crippen molar-refractivity contribution in [3.05, 3.63) is 66.6 Å². The van der Waals surface area contributed by atoms with Gasteiger partial charge in [-0.3, -0.25) is 19.8 Å². The maximum Gasteiger partial charge on any atom is 0.269 e. The smallest absolute Gasteiger partial charge is 0.269 e. The van der Waals surface area contributed by atoms with Gasteiger partial charge in [0.15, 0.2) is 0 Å². The van der Waals surface area contributed by atoms with Gasteiger partial charge in [0.1, 0.15) is 5.75 Å². The van der Waals surface area contributed by atoms with Crippen molar-refractivity contribution in [2.24, 2.45) is 11.0 Å². The number of phenols is 1. The Bertz CT molecular complexity index is 935. The van der Waals surface area contributed by atoms with Crippen molar-refractivity contribution in [1.82, 2.24) is 10.3 Å². The van der Waals surface area contributed by atoms with Gasteiger partial charge in [-0.1, -0.05) is 12.1 Å². The van der Waals surface area contributed by atoms with Crippen molar-refractivity contribution in [2.45, 2.75) is 19.4 Å². The number of nitrogens with one attached hydrogen (secondary N) is 1. The number of carbonyl (C=O) groups is 1. The van der Waals surface area contributed by atoms with E-state index in [0.29, 0.717) is 15.5 Å². The summed E-state index contributed by atoms with van der Waals surface area (Å²) >= 11 is 6.51. The number of hydrogen-bond donors (Lipinski definition) is 2. The maximum absolute atomic E-state index is 12.4. The number of aromatic hydroxyl groups is 1. The molecule has 2 aromatic carbocycles. The van der Waals surface area contributed by atoms with Crippen LogP contribution in [0.1, 0.15) is 24.0 Å². The van der Waals surface area contributed by atoms with E-state index in [1.54, 1.807) is 24.3 Å². The predicted octanol–water partition coefficient (Wildman–Crippen LogP) is 4.19. The average molecular weight is 540 g/mol. The molecule has 1 fully saturated rings. The van der Waals surface area contributed by atoms with Crippen LogP contribution >= 0.6 is 31.9 Å². The molecule has 2 N–H and O–H groups in total. The highest BCUT2D eigenvalue weighted by atomic mass is 79.9. The van der Waals surface area contributed by atoms with E-state index in [1.165, 1.54) is 18.3 Å². The first kappa shape index (κ1) is 22.4. The summed E-state index contributed by atoms with van der Waals surface area (Å²) in [5.41, 5.74) is 4.42. The van der Waals surface area contributed by atoms with Crippen LogP contribution in [0, 0.1) is 16.0 Å². The molecule has 2 aromatic rings. The first-order chi connectivity index (χ1) is 14.3. The number of carbonyl (C=O) groups excluding carboxylic acids is 1. The molecule has 8 nitrogen and oxygen atoms in total. The van der Waals surface area contributed by atoms with E-state index in [-0.39, 0.29) is 23.3 Å². The zero-order valence-corrected chi connectivity index (χ0v) is 19.1. The van der Waals surface area contributed by atoms with Crippen molar-refractivity contribution in [2.75, 3.05) is 13.1 Å². The van der Waals surface area contributed by atoms with E-state index in [0.717, 1.165) is 37.1 Å². The number of nitro benzene ring substituents is 1. The van der Waals surface area contributed by atoms with Crippen molar-refractivity contribution in [3.63, 3.8) is 0 Å². The molecule has 0 aliphatic carbocycles. The highest BCUT2D eigenvalue weighted by molar-refractivity contribution is 9.11. The number of hydrazone groups is 1. The number of non-ortho nitro benzene ring substituents is 1. The SMILES string of the molecule is O=C(N/N=C\c1cc(Br)c(O)c(Br)c1)C1CCN(Cc2ccc([N+](=O)[O-])cc2)CC1. The molecular formula is C20H20Br2N4O4. The van der Waals surface area contributed by atoms with Gasteiger partial charge in [-0.05, 0) is 81.1 Å². The maximum atomic E-state index is 12.4. The van der Waals surface area contributed by atoms with Crippen LogP contribution in [0.15, 0.2) is 50.4 Å². The number of nitro groups is 1. The number of rotatable bonds is 6. The van der Waals surface area contributed by atoms with E-state index < -0.39 is 4.92 Å². The lowest BCUT2D eigenvalue weighted by atomic mass is 9.96. The summed E-state index contributed by atoms with van der Waals surface area (Å²) in [5.74, 6) is -0.108. The van der Waals surface area contributed by atoms with Crippen LogP contribution < -0.4 is 5.43 Å². The molecule has 30 heavy (non-hydrogen) atoms. The Balaban J connectivity index is 1.46. The Hall–Kier alpha value is -2.30. The van der Waals surface area contributed by atoms with Crippen LogP contribution in [0.5, 0.6) is 5.75 Å². The van der Waals surface area contributed by atoms with Gasteiger partial charge in [-0.15, -0.1) is 0 Å². The lowest BCUT2D eigenvalue weighted by Crippen LogP contribution is -2.39. The monoisotopic (exact) mass is 538 g/mol. The van der Waals surface area contributed by atoms with Gasteiger partial charge < -0.3 is 5.11 Å². The fourth-order valence-electron chi connectivity index (χ4n) is 3.26. The van der Waals surface area contributed by atoms with Crippen LogP contribution in [0.3, 0.4) is 0 Å². The minimum Gasteiger partial charge on any atom is -0.506 e. The molecule has 1 aliphatic heterocycles. The Morgan fingerprint density at radius 3 is 2.40 bits per heavy atom. The summed E-state index contributed by atoms with van der Waals surface area (Å²) in [5, 5.41) is 24.5. The molecule has 10 heteroatoms. The number of likely N-dealkylation sites (tertiary alicyclic amines) is 1. The minimum atomic E-state index is -0.407. The second kappa shape index (κ2) is 10.1. The van der Waals surface area contributed by atoms with Crippen LogP contribution in [0.2, 0.25) is 0 Å². The van der Waals surface area contributed by atoms with Crippen LogP contribution in [0.4, 0.5) is 5.69 Å². The normalized spacial score (nSPS) is 15.4. The third kappa shape index (κ3) is 5.87. The van der Waals surface area contributed by atoms with Gasteiger partial charge in [-0.2, -0.15) is 5.10 Å². The Morgan fingerprint density at radius 2 is 1.83 bits per heavy atom. The molecular weight excluding hydrogens is 520 g/mol. The predicted molar refractivity (Wildman–Crippen MR) is 120 cm³/mol. The number of phenolic OH excluding ortho intramolecular Hbond substituents is 1. The van der Waals surface area contributed by atoms with E-state index >= 15 is 0 Å². The van der Waals surface area contributed by atoms with E-state index in [2.05, 4.69) is 47.3 Å². The first-order valence-corrected chi connectivity index (χ1v) is 10.9. The second-order valence-corrected chi connectivity index (χ2v) is 8.75. The zero-order valence-electron chi connectivity index (χ0n) is 15.9. The molecule has 1 saturated heterocycles. The molecule has 0 atom stereocenters. The average Bonchev–Trinajstić information content (AvgIpc) is 2.73. The number of piperidine rings is 1. The van der Waals surface area contributed by atoms with E-state index in [4.69, 9.17) is 0 Å². The number of halogens is 2. The number of amides is 1. The Morgan fingerprint density at radius 1 is 1.23 bits per heavy atom. The first-order valence-electron chi connectivity index (χ1n) is 9.30. The van der Waals surface area contributed by atoms with Crippen LogP contribution in [0.25, 0.3) is 0 Å². The highest BCUT2D eigenvalue weighted by Crippen LogP contribution is 2.32. The molecule has 0 unspecified atom stereocenters. The lowest BCUT2D eigenvalue weighted by molar-refractivity contribution is -0.384. The number of hydrogen-bond acceptors (Lipinski definition) is 6. The third-order valence-corrected chi connectivity index (χ3v) is 6.15. The van der Waals surface area contributed by atoms with Gasteiger partial charge >= 0.3 is 0 Å². The number of nitrogens with zero attached hydrogens (tertiary/aromatic N) is 3. The molecule has 0 aromatic heterocycles. The summed E-state index contributed by atoms with van der Waals surface area (Å²) < 4.78 is 1.06. The largest absolute Gasteiger partial charge is 0.506 e. The third-order valence-electron chi connectivity index (χ3n) is 4.94. The zero-order chi connectivity index (χ0) is 21.7. The minimum absolute atomic E-state index is 0.0849. The molecule has 0 bridgehead atoms. The van der Waals surface area contributed by atoms with E-state index in [9.17, 15) is 20.0 Å². The quantitative estimate of drug-likeness (QED) is 0.325. The van der Waals surface area contributed by atoms with Crippen molar-refractivity contribution in [1.29, 1.82) is 0 Å². The molecule has 0 saturated carbocycles. The Kier molecular flexibility index (Phi) is 7.57. The summed E-state index contributed by atoms with van der Waals surface area (Å²) in [6.45, 7) is 2.25. The highest BCUT2D eigenvalue weighted by Gasteiger charge is 2.24. The molecule has 0 spiro atoms. The molecule has 1 amide bonds. The van der Waals surface area contributed by atoms with Gasteiger partial charge in [0.2, 0.25) is 5.91 Å². The summed E-state index contributed by atoms with van der Waals surface area (Å²) in [6, 6.07) is 9.97. The van der Waals surface area contributed by atoms with Crippen molar-refractivity contribution >= 4 is 49.7 Å². The fourth-order valence-corrected chi connectivity index (χ4v) is 4.48. The van der Waals surface area contributed by atoms with Crippen LogP contribution in [-0.4, -0.2) is 40.1 Å². The standard InChI is InChI=1S/C20H20Br2N4O4/c21-17-9-14(10-18(22)19(17)27)11-23-24-20(28)15-5-7-25(8-6-15)12-13-1-3-16(4-2-13)26(29)30/h1-4,9-11,15,27H,5-8,12H2,(H,24,28)/b23-11-. The Labute approximate surface area is 190 Å². The van der Waals surface area contributed by atoms with Gasteiger partial charge in [-0.25, -0.2) is 5.43 Å². The van der Waals surface area contributed by atoms with Crippen molar-refractivity contribution in [3.8, 4) is 5.75 Å². The summed E-state index contributed by atoms with van der Waals surface area (Å²) in [7, 11) is 0. The summed E-state index contributed by atoms with van der Waals surface area (Å²) in [6.07, 6.45) is 2.98. The fraction of sp³-hybridized carbons (Fsp3) is 0.300. The van der Waals surface area contributed by atoms with E-state index in [1.807, 2.05) is 0 Å². The molecule has 1 aliphatic rings. The van der Waals surface area contributed by atoms with Gasteiger partial charge in [0.05, 0.1) is 20.1 Å². The number of benzene rings is 2. The lowest BCUT2D eigenvalue weighted by Gasteiger charge is -2.30. The van der Waals surface area contributed by atoms with Crippen molar-refractivity contribution < 1.29 is 14.8 Å². The topological polar surface area (TPSA) is 108 Å². The molecule has 158 valence electrons. The van der Waals surface area contributed by atoms with Crippen LogP contribution in [-0.2, 0) is 11.3 Å². The molecule has 1 heterocycles. The van der Waals surface area contributed by atoms with Gasteiger partial charge in [0, 0.05) is 24.6 Å². The summed E-state index contributed by atoms with van der Waals surface area (Å²) in [4.78, 5) is 24.9.